The Bertz CT molecular complexity index is 703. The van der Waals surface area contributed by atoms with E-state index in [0.717, 1.165) is 45.8 Å². The number of hydrogen-bond acceptors (Lipinski definition) is 6. The van der Waals surface area contributed by atoms with E-state index in [1.807, 2.05) is 0 Å². The summed E-state index contributed by atoms with van der Waals surface area (Å²) in [5, 5.41) is 6.40. The van der Waals surface area contributed by atoms with E-state index in [-0.39, 0.29) is 43.1 Å². The van der Waals surface area contributed by atoms with Crippen LogP contribution in [-0.2, 0) is 6.54 Å². The van der Waals surface area contributed by atoms with Crippen LogP contribution < -0.4 is 24.8 Å². The number of nitrogens with one attached hydrogen (secondary N) is 2. The van der Waals surface area contributed by atoms with E-state index in [1.165, 1.54) is 6.07 Å². The molecule has 0 aromatic heterocycles. The Morgan fingerprint density at radius 1 is 1.13 bits per heavy atom. The van der Waals surface area contributed by atoms with E-state index < -0.39 is 6.61 Å². The molecule has 1 aromatic carbocycles. The zero-order valence-electron chi connectivity index (χ0n) is 17.3. The van der Waals surface area contributed by atoms with Crippen LogP contribution in [0.3, 0.4) is 0 Å². The number of nitrogens with zero attached hydrogens (tertiary/aromatic N) is 3. The molecule has 170 valence electrons. The maximum atomic E-state index is 12.7. The molecule has 1 saturated heterocycles. The quantitative estimate of drug-likeness (QED) is 0.296. The number of piperazine rings is 1. The predicted molar refractivity (Wildman–Crippen MR) is 121 cm³/mol. The number of halogens is 3. The first-order valence-corrected chi connectivity index (χ1v) is 9.85. The number of hydrogen-bond donors (Lipinski definition) is 2. The first-order valence-electron chi connectivity index (χ1n) is 9.85. The topological polar surface area (TPSA) is 70.6 Å². The highest BCUT2D eigenvalue weighted by molar-refractivity contribution is 14.0. The van der Waals surface area contributed by atoms with Gasteiger partial charge in [-0.1, -0.05) is 6.92 Å². The van der Waals surface area contributed by atoms with Crippen LogP contribution in [0, 0.1) is 0 Å². The van der Waals surface area contributed by atoms with Crippen molar-refractivity contribution < 1.29 is 23.0 Å². The van der Waals surface area contributed by atoms with Crippen LogP contribution in [0.4, 0.5) is 8.78 Å². The summed E-state index contributed by atoms with van der Waals surface area (Å²) in [7, 11) is 1.67. The largest absolute Gasteiger partial charge is 0.454 e. The number of likely N-dealkylation sites (N-methyl/N-ethyl adjacent to an activating group) is 1. The number of guanidine groups is 1. The van der Waals surface area contributed by atoms with Gasteiger partial charge in [0.15, 0.2) is 17.5 Å². The summed E-state index contributed by atoms with van der Waals surface area (Å²) < 4.78 is 40.7. The summed E-state index contributed by atoms with van der Waals surface area (Å²) in [5.41, 5.74) is 0.535. The highest BCUT2D eigenvalue weighted by Gasteiger charge is 2.20. The molecule has 1 fully saturated rings. The Kier molecular flexibility index (Phi) is 10.1. The smallest absolute Gasteiger partial charge is 0.387 e. The van der Waals surface area contributed by atoms with Gasteiger partial charge in [0.2, 0.25) is 6.79 Å². The Hall–Kier alpha value is -1.60. The van der Waals surface area contributed by atoms with Gasteiger partial charge in [-0.3, -0.25) is 9.89 Å². The average molecular weight is 541 g/mol. The number of benzene rings is 1. The Labute approximate surface area is 192 Å². The molecule has 0 aliphatic carbocycles. The number of fused-ring (bicyclic) bond motifs is 1. The molecular weight excluding hydrogens is 511 g/mol. The summed E-state index contributed by atoms with van der Waals surface area (Å²) in [5.74, 6) is 1.56. The molecule has 8 nitrogen and oxygen atoms in total. The van der Waals surface area contributed by atoms with Gasteiger partial charge in [0.25, 0.3) is 0 Å². The predicted octanol–water partition coefficient (Wildman–Crippen LogP) is 1.94. The van der Waals surface area contributed by atoms with Crippen molar-refractivity contribution in [2.24, 2.45) is 4.99 Å². The molecule has 0 amide bonds. The molecule has 0 atom stereocenters. The van der Waals surface area contributed by atoms with E-state index in [2.05, 4.69) is 37.1 Å². The monoisotopic (exact) mass is 541 g/mol. The van der Waals surface area contributed by atoms with Crippen LogP contribution >= 0.6 is 24.0 Å². The minimum atomic E-state index is -2.92. The summed E-state index contributed by atoms with van der Waals surface area (Å²) in [4.78, 5) is 9.05. The molecule has 0 radical (unpaired) electrons. The van der Waals surface area contributed by atoms with Gasteiger partial charge in [-0.15, -0.1) is 24.0 Å². The first kappa shape index (κ1) is 24.7. The lowest BCUT2D eigenvalue weighted by Crippen LogP contribution is -2.49. The van der Waals surface area contributed by atoms with E-state index >= 15 is 0 Å². The fraction of sp³-hybridized carbons (Fsp3) is 0.632. The standard InChI is InChI=1S/C19H29F2N5O3.HI/c1-3-25-6-8-26(9-7-25)5-4-23-19(22-2)24-12-14-10-16-17(28-13-27-16)11-15(14)29-18(20)21;/h10-11,18H,3-9,12-13H2,1-2H3,(H2,22,23,24);1H. The van der Waals surface area contributed by atoms with Crippen molar-refractivity contribution in [1.82, 2.24) is 20.4 Å². The van der Waals surface area contributed by atoms with Gasteiger partial charge >= 0.3 is 6.61 Å². The normalized spacial score (nSPS) is 17.0. The minimum absolute atomic E-state index is 0. The van der Waals surface area contributed by atoms with Crippen LogP contribution in [0.15, 0.2) is 17.1 Å². The molecule has 30 heavy (non-hydrogen) atoms. The second-order valence-corrected chi connectivity index (χ2v) is 6.82. The van der Waals surface area contributed by atoms with E-state index in [1.54, 1.807) is 13.1 Å². The fourth-order valence-electron chi connectivity index (χ4n) is 3.37. The van der Waals surface area contributed by atoms with Crippen molar-refractivity contribution in [1.29, 1.82) is 0 Å². The fourth-order valence-corrected chi connectivity index (χ4v) is 3.37. The molecule has 11 heteroatoms. The van der Waals surface area contributed by atoms with Gasteiger partial charge in [0, 0.05) is 64.5 Å². The first-order chi connectivity index (χ1) is 14.1. The summed E-state index contributed by atoms with van der Waals surface area (Å²) in [6.45, 7) is 6.67. The Morgan fingerprint density at radius 3 is 2.43 bits per heavy atom. The highest BCUT2D eigenvalue weighted by atomic mass is 127. The zero-order chi connectivity index (χ0) is 20.6. The number of rotatable bonds is 8. The molecule has 2 heterocycles. The molecule has 2 aliphatic rings. The van der Waals surface area contributed by atoms with Gasteiger partial charge in [0.05, 0.1) is 0 Å². The lowest BCUT2D eigenvalue weighted by molar-refractivity contribution is -0.0505. The molecule has 2 N–H and O–H groups in total. The zero-order valence-corrected chi connectivity index (χ0v) is 19.7. The number of ether oxygens (including phenoxy) is 3. The molecular formula is C19H30F2IN5O3. The van der Waals surface area contributed by atoms with Crippen LogP contribution in [0.2, 0.25) is 0 Å². The van der Waals surface area contributed by atoms with Crippen molar-refractivity contribution in [3.05, 3.63) is 17.7 Å². The number of alkyl halides is 2. The second kappa shape index (κ2) is 12.3. The van der Waals surface area contributed by atoms with Gasteiger partial charge in [-0.2, -0.15) is 8.78 Å². The van der Waals surface area contributed by atoms with Gasteiger partial charge in [-0.25, -0.2) is 0 Å². The minimum Gasteiger partial charge on any atom is -0.454 e. The molecule has 0 spiro atoms. The number of aliphatic imine (C=N–C) groups is 1. The SMILES string of the molecule is CCN1CCN(CCNC(=NC)NCc2cc3c(cc2OC(F)F)OCO3)CC1.I. The van der Waals surface area contributed by atoms with Crippen LogP contribution in [-0.4, -0.2) is 82.0 Å². The van der Waals surface area contributed by atoms with E-state index in [0.29, 0.717) is 23.0 Å². The lowest BCUT2D eigenvalue weighted by atomic mass is 10.1. The van der Waals surface area contributed by atoms with Crippen molar-refractivity contribution in [3.63, 3.8) is 0 Å². The average Bonchev–Trinajstić information content (AvgIpc) is 3.17. The summed E-state index contributed by atoms with van der Waals surface area (Å²) >= 11 is 0. The maximum absolute atomic E-state index is 12.7. The van der Waals surface area contributed by atoms with E-state index in [4.69, 9.17) is 9.47 Å². The van der Waals surface area contributed by atoms with Crippen LogP contribution in [0.5, 0.6) is 17.2 Å². The second-order valence-electron chi connectivity index (χ2n) is 6.82. The third kappa shape index (κ3) is 6.98. The van der Waals surface area contributed by atoms with Gasteiger partial charge in [-0.05, 0) is 12.6 Å². The molecule has 3 rings (SSSR count). The summed E-state index contributed by atoms with van der Waals surface area (Å²) in [6.07, 6.45) is 0. The van der Waals surface area contributed by atoms with Crippen LogP contribution in [0.1, 0.15) is 12.5 Å². The highest BCUT2D eigenvalue weighted by Crippen LogP contribution is 2.38. The molecule has 0 saturated carbocycles. The molecule has 0 unspecified atom stereocenters. The van der Waals surface area contributed by atoms with Crippen LogP contribution in [0.25, 0.3) is 0 Å². The molecule has 2 aliphatic heterocycles. The Morgan fingerprint density at radius 2 is 1.80 bits per heavy atom. The summed E-state index contributed by atoms with van der Waals surface area (Å²) in [6, 6.07) is 3.07. The van der Waals surface area contributed by atoms with Crippen molar-refractivity contribution >= 4 is 29.9 Å². The van der Waals surface area contributed by atoms with Crippen molar-refractivity contribution in [3.8, 4) is 17.2 Å². The molecule has 1 aromatic rings. The van der Waals surface area contributed by atoms with Gasteiger partial charge in [0.1, 0.15) is 5.75 Å². The van der Waals surface area contributed by atoms with Crippen molar-refractivity contribution in [2.45, 2.75) is 20.1 Å². The lowest BCUT2D eigenvalue weighted by Gasteiger charge is -2.34. The van der Waals surface area contributed by atoms with Gasteiger partial charge < -0.3 is 29.7 Å². The molecule has 0 bridgehead atoms. The third-order valence-corrected chi connectivity index (χ3v) is 5.07. The van der Waals surface area contributed by atoms with Crippen molar-refractivity contribution in [2.75, 3.05) is 59.7 Å². The van der Waals surface area contributed by atoms with E-state index in [9.17, 15) is 8.78 Å². The third-order valence-electron chi connectivity index (χ3n) is 5.07. The maximum Gasteiger partial charge on any atom is 0.387 e. The Balaban J connectivity index is 0.00000320.